The third-order valence-corrected chi connectivity index (χ3v) is 4.09. The highest BCUT2D eigenvalue weighted by Gasteiger charge is 2.34. The number of carbonyl (C=O) groups is 1. The van der Waals surface area contributed by atoms with Crippen molar-refractivity contribution in [1.29, 1.82) is 0 Å². The largest absolute Gasteiger partial charge is 0.307 e. The zero-order chi connectivity index (χ0) is 21.5. The molecule has 0 saturated heterocycles. The van der Waals surface area contributed by atoms with Crippen LogP contribution < -0.4 is 0 Å². The molecule has 0 aliphatic carbocycles. The van der Waals surface area contributed by atoms with Crippen molar-refractivity contribution in [3.05, 3.63) is 67.4 Å². The van der Waals surface area contributed by atoms with Crippen LogP contribution in [0.4, 0.5) is 4.39 Å². The normalized spacial score (nSPS) is 16.5. The van der Waals surface area contributed by atoms with E-state index >= 15 is 0 Å². The van der Waals surface area contributed by atoms with E-state index in [9.17, 15) is 4.39 Å². The summed E-state index contributed by atoms with van der Waals surface area (Å²) in [4.78, 5) is 19.1. The minimum absolute atomic E-state index is 0.167. The average molecular weight is 390 g/mol. The van der Waals surface area contributed by atoms with Crippen LogP contribution in [0.1, 0.15) is 26.0 Å². The summed E-state index contributed by atoms with van der Waals surface area (Å²) in [6, 6.07) is 0. The maximum atomic E-state index is 9.50. The number of halogens is 1. The fraction of sp³-hybridized carbons (Fsp3) is 0.381. The summed E-state index contributed by atoms with van der Waals surface area (Å²) < 4.78 is 9.50. The first-order valence-corrected chi connectivity index (χ1v) is 9.04. The first-order valence-electron chi connectivity index (χ1n) is 9.04. The number of aromatic nitrogens is 2. The standard InChI is InChI=1S/C19H27N5.CH3F.CH2O/c1-6-10-16(8-3)24-18(17-15-20-11-12-21-17)14-19(22(24)5)23(9-4)13-7-2;2*1-2/h6,8,10-12,14-15,19H,1,3,7,9,13H2,2,4-5H3;1H3;1H2/b16-10+;;. The predicted molar refractivity (Wildman–Crippen MR) is 114 cm³/mol. The summed E-state index contributed by atoms with van der Waals surface area (Å²) in [6.07, 6.45) is 14.3. The SMILES string of the molecule is C=C/C=C(\C=C)N1C(c2cnccn2)=CC(N(CC)CCC)N1C.C=O.CF. The second-order valence-corrected chi connectivity index (χ2v) is 5.60. The van der Waals surface area contributed by atoms with Crippen LogP contribution in [0.15, 0.2) is 61.7 Å². The van der Waals surface area contributed by atoms with Crippen molar-refractivity contribution < 1.29 is 9.18 Å². The van der Waals surface area contributed by atoms with E-state index in [1.165, 1.54) is 0 Å². The fourth-order valence-electron chi connectivity index (χ4n) is 3.01. The molecule has 2 heterocycles. The van der Waals surface area contributed by atoms with Gasteiger partial charge in [0, 0.05) is 19.4 Å². The second-order valence-electron chi connectivity index (χ2n) is 5.60. The van der Waals surface area contributed by atoms with E-state index in [0.717, 1.165) is 36.6 Å². The molecule has 1 aromatic rings. The molecule has 1 atom stereocenters. The summed E-state index contributed by atoms with van der Waals surface area (Å²) in [5, 5.41) is 4.34. The van der Waals surface area contributed by atoms with Gasteiger partial charge in [0.2, 0.25) is 0 Å². The van der Waals surface area contributed by atoms with Crippen LogP contribution in [0, 0.1) is 0 Å². The van der Waals surface area contributed by atoms with E-state index in [-0.39, 0.29) is 6.17 Å². The lowest BCUT2D eigenvalue weighted by atomic mass is 10.2. The smallest absolute Gasteiger partial charge is 0.106 e. The molecule has 0 N–H and O–H groups in total. The van der Waals surface area contributed by atoms with Gasteiger partial charge in [-0.25, -0.2) is 0 Å². The second kappa shape index (κ2) is 14.4. The molecule has 6 nitrogen and oxygen atoms in total. The van der Waals surface area contributed by atoms with Crippen molar-refractivity contribution in [1.82, 2.24) is 24.9 Å². The molecule has 0 saturated carbocycles. The quantitative estimate of drug-likeness (QED) is 0.632. The van der Waals surface area contributed by atoms with Gasteiger partial charge in [-0.15, -0.1) is 0 Å². The number of alkyl halides is 1. The van der Waals surface area contributed by atoms with Gasteiger partial charge in [0.25, 0.3) is 0 Å². The number of carbonyl (C=O) groups excluding carboxylic acids is 1. The van der Waals surface area contributed by atoms with Crippen molar-refractivity contribution in [3.63, 3.8) is 0 Å². The fourth-order valence-corrected chi connectivity index (χ4v) is 3.01. The van der Waals surface area contributed by atoms with Crippen LogP contribution in [-0.2, 0) is 4.79 Å². The summed E-state index contributed by atoms with van der Waals surface area (Å²) in [7, 11) is 2.59. The maximum Gasteiger partial charge on any atom is 0.106 e. The molecule has 0 aromatic carbocycles. The zero-order valence-electron chi connectivity index (χ0n) is 17.4. The van der Waals surface area contributed by atoms with Gasteiger partial charge in [0.1, 0.15) is 18.6 Å². The number of hydrazine groups is 1. The molecule has 28 heavy (non-hydrogen) atoms. The van der Waals surface area contributed by atoms with Crippen molar-refractivity contribution in [2.45, 2.75) is 26.4 Å². The highest BCUT2D eigenvalue weighted by Crippen LogP contribution is 2.33. The Kier molecular flexibility index (Phi) is 13.1. The summed E-state index contributed by atoms with van der Waals surface area (Å²) in [6.45, 7) is 16.2. The van der Waals surface area contributed by atoms with Gasteiger partial charge in [0.05, 0.1) is 24.8 Å². The average Bonchev–Trinajstić information content (AvgIpc) is 3.10. The van der Waals surface area contributed by atoms with Gasteiger partial charge >= 0.3 is 0 Å². The Morgan fingerprint density at radius 3 is 2.43 bits per heavy atom. The molecule has 0 amide bonds. The number of rotatable bonds is 8. The molecule has 1 aromatic heterocycles. The minimum Gasteiger partial charge on any atom is -0.307 e. The third-order valence-electron chi connectivity index (χ3n) is 4.09. The zero-order valence-corrected chi connectivity index (χ0v) is 17.4. The van der Waals surface area contributed by atoms with Gasteiger partial charge in [-0.3, -0.25) is 24.3 Å². The van der Waals surface area contributed by atoms with Crippen LogP contribution >= 0.6 is 0 Å². The van der Waals surface area contributed by atoms with Gasteiger partial charge in [-0.1, -0.05) is 33.1 Å². The lowest BCUT2D eigenvalue weighted by molar-refractivity contribution is -0.0979. The topological polar surface area (TPSA) is 52.6 Å². The van der Waals surface area contributed by atoms with E-state index in [0.29, 0.717) is 7.18 Å². The molecular formula is C21H32FN5O. The van der Waals surface area contributed by atoms with Crippen LogP contribution in [0.2, 0.25) is 0 Å². The molecule has 0 fully saturated rings. The summed E-state index contributed by atoms with van der Waals surface area (Å²) in [5.74, 6) is 0. The Bertz CT molecular complexity index is 647. The Morgan fingerprint density at radius 1 is 1.29 bits per heavy atom. The molecule has 7 heteroatoms. The van der Waals surface area contributed by atoms with Gasteiger partial charge in [-0.05, 0) is 37.7 Å². The number of hydrogen-bond acceptors (Lipinski definition) is 6. The van der Waals surface area contributed by atoms with Gasteiger partial charge < -0.3 is 4.79 Å². The molecule has 0 radical (unpaired) electrons. The Morgan fingerprint density at radius 2 is 1.96 bits per heavy atom. The van der Waals surface area contributed by atoms with Crippen molar-refractivity contribution in [2.75, 3.05) is 27.3 Å². The first kappa shape index (κ1) is 25.4. The summed E-state index contributed by atoms with van der Waals surface area (Å²) >= 11 is 0. The Labute approximate surface area is 168 Å². The van der Waals surface area contributed by atoms with Crippen molar-refractivity contribution in [2.24, 2.45) is 0 Å². The van der Waals surface area contributed by atoms with Crippen LogP contribution in [0.5, 0.6) is 0 Å². The van der Waals surface area contributed by atoms with E-state index in [1.54, 1.807) is 24.7 Å². The van der Waals surface area contributed by atoms with Crippen LogP contribution in [0.3, 0.4) is 0 Å². The van der Waals surface area contributed by atoms with Gasteiger partial charge in [-0.2, -0.15) is 5.01 Å². The molecule has 154 valence electrons. The van der Waals surface area contributed by atoms with E-state index in [1.807, 2.05) is 18.9 Å². The molecular weight excluding hydrogens is 357 g/mol. The highest BCUT2D eigenvalue weighted by molar-refractivity contribution is 5.65. The van der Waals surface area contributed by atoms with Crippen molar-refractivity contribution >= 4 is 12.5 Å². The number of allylic oxidation sites excluding steroid dienone is 3. The molecule has 1 aliphatic heterocycles. The highest BCUT2D eigenvalue weighted by atomic mass is 19.1. The number of nitrogens with zero attached hydrogens (tertiary/aromatic N) is 5. The maximum absolute atomic E-state index is 9.50. The van der Waals surface area contributed by atoms with E-state index in [4.69, 9.17) is 4.79 Å². The molecule has 2 rings (SSSR count). The van der Waals surface area contributed by atoms with Gasteiger partial charge in [0.15, 0.2) is 0 Å². The lowest BCUT2D eigenvalue weighted by Gasteiger charge is -2.37. The van der Waals surface area contributed by atoms with Crippen LogP contribution in [0.25, 0.3) is 5.70 Å². The van der Waals surface area contributed by atoms with E-state index in [2.05, 4.69) is 65.0 Å². The lowest BCUT2D eigenvalue weighted by Crippen LogP contribution is -2.47. The molecule has 0 bridgehead atoms. The minimum atomic E-state index is 0.167. The third kappa shape index (κ3) is 6.21. The molecule has 1 aliphatic rings. The summed E-state index contributed by atoms with van der Waals surface area (Å²) in [5.41, 5.74) is 2.81. The Balaban J connectivity index is 0.00000171. The Hall–Kier alpha value is -2.64. The predicted octanol–water partition coefficient (Wildman–Crippen LogP) is 3.69. The monoisotopic (exact) mass is 389 g/mol. The first-order chi connectivity index (χ1) is 13.7. The number of likely N-dealkylation sites (N-methyl/N-ethyl adjacent to an activating group) is 2. The van der Waals surface area contributed by atoms with Crippen LogP contribution in [-0.4, -0.2) is 65.2 Å². The van der Waals surface area contributed by atoms with Crippen molar-refractivity contribution in [3.8, 4) is 0 Å². The molecule has 1 unspecified atom stereocenters. The number of hydrogen-bond donors (Lipinski definition) is 0. The van der Waals surface area contributed by atoms with E-state index < -0.39 is 0 Å². The molecule has 0 spiro atoms.